The van der Waals surface area contributed by atoms with Gasteiger partial charge < -0.3 is 10.1 Å². The zero-order valence-corrected chi connectivity index (χ0v) is 13.2. The van der Waals surface area contributed by atoms with Crippen molar-refractivity contribution in [2.75, 3.05) is 13.1 Å². The number of pyridine rings is 1. The number of nitrogens with one attached hydrogen (secondary N) is 1. The summed E-state index contributed by atoms with van der Waals surface area (Å²) in [6.45, 7) is 1.73. The van der Waals surface area contributed by atoms with E-state index < -0.39 is 0 Å². The monoisotopic (exact) mass is 340 g/mol. The lowest BCUT2D eigenvalue weighted by atomic mass is 9.96. The molecule has 1 saturated heterocycles. The van der Waals surface area contributed by atoms with Gasteiger partial charge in [0.2, 0.25) is 0 Å². The van der Waals surface area contributed by atoms with Crippen molar-refractivity contribution < 1.29 is 9.13 Å². The zero-order valence-electron chi connectivity index (χ0n) is 11.7. The predicted octanol–water partition coefficient (Wildman–Crippen LogP) is 4.26. The highest BCUT2D eigenvalue weighted by atomic mass is 35.5. The summed E-state index contributed by atoms with van der Waals surface area (Å²) in [6.07, 6.45) is 3.46. The first-order valence-electron chi connectivity index (χ1n) is 7.06. The van der Waals surface area contributed by atoms with Gasteiger partial charge in [-0.3, -0.25) is 4.98 Å². The molecule has 0 radical (unpaired) electrons. The Morgan fingerprint density at radius 2 is 2.14 bits per heavy atom. The molecular weight excluding hydrogens is 326 g/mol. The molecule has 1 aliphatic heterocycles. The molecule has 0 bridgehead atoms. The van der Waals surface area contributed by atoms with Gasteiger partial charge in [-0.1, -0.05) is 23.2 Å². The highest BCUT2D eigenvalue weighted by Crippen LogP contribution is 2.36. The second-order valence-corrected chi connectivity index (χ2v) is 6.15. The minimum atomic E-state index is -0.376. The topological polar surface area (TPSA) is 34.1 Å². The van der Waals surface area contributed by atoms with Crippen LogP contribution in [0.3, 0.4) is 0 Å². The molecule has 3 nitrogen and oxygen atoms in total. The molecule has 6 heteroatoms. The molecule has 0 saturated carbocycles. The van der Waals surface area contributed by atoms with Crippen LogP contribution in [0, 0.1) is 11.7 Å². The summed E-state index contributed by atoms with van der Waals surface area (Å²) in [7, 11) is 0. The highest BCUT2D eigenvalue weighted by Gasteiger charge is 2.29. The first kappa shape index (κ1) is 15.5. The fourth-order valence-corrected chi connectivity index (χ4v) is 3.12. The van der Waals surface area contributed by atoms with E-state index in [1.165, 1.54) is 12.3 Å². The van der Waals surface area contributed by atoms with Crippen LogP contribution in [0.25, 0.3) is 0 Å². The van der Waals surface area contributed by atoms with Crippen LogP contribution in [0.15, 0.2) is 36.7 Å². The SMILES string of the molecule is Fc1cncc(C(Oc2ccc(Cl)cc2Cl)[C@H]2CCNC2)c1. The Hall–Kier alpha value is -1.36. The lowest BCUT2D eigenvalue weighted by Crippen LogP contribution is -2.21. The third-order valence-corrected chi connectivity index (χ3v) is 4.26. The number of nitrogens with zero attached hydrogens (tertiary/aromatic N) is 1. The quantitative estimate of drug-likeness (QED) is 0.902. The van der Waals surface area contributed by atoms with Crippen molar-refractivity contribution in [2.45, 2.75) is 12.5 Å². The summed E-state index contributed by atoms with van der Waals surface area (Å²) >= 11 is 12.1. The molecule has 0 spiro atoms. The van der Waals surface area contributed by atoms with E-state index in [2.05, 4.69) is 10.3 Å². The Balaban J connectivity index is 1.91. The van der Waals surface area contributed by atoms with E-state index in [4.69, 9.17) is 27.9 Å². The van der Waals surface area contributed by atoms with E-state index in [9.17, 15) is 4.39 Å². The second-order valence-electron chi connectivity index (χ2n) is 5.30. The first-order valence-corrected chi connectivity index (χ1v) is 7.82. The van der Waals surface area contributed by atoms with E-state index >= 15 is 0 Å². The molecule has 3 rings (SSSR count). The molecule has 2 heterocycles. The van der Waals surface area contributed by atoms with E-state index in [1.807, 2.05) is 0 Å². The minimum absolute atomic E-state index is 0.232. The fourth-order valence-electron chi connectivity index (χ4n) is 2.66. The van der Waals surface area contributed by atoms with Gasteiger partial charge in [-0.15, -0.1) is 0 Å². The molecule has 1 aromatic heterocycles. The summed E-state index contributed by atoms with van der Waals surface area (Å²) < 4.78 is 19.6. The normalized spacial score (nSPS) is 19.1. The number of benzene rings is 1. The summed E-state index contributed by atoms with van der Waals surface area (Å²) in [6, 6.07) is 6.54. The molecular formula is C16H15Cl2FN2O. The Bertz CT molecular complexity index is 662. The minimum Gasteiger partial charge on any atom is -0.484 e. The summed E-state index contributed by atoms with van der Waals surface area (Å²) in [5.74, 6) is 0.391. The fraction of sp³-hybridized carbons (Fsp3) is 0.312. The first-order chi connectivity index (χ1) is 10.6. The van der Waals surface area contributed by atoms with Crippen LogP contribution in [-0.2, 0) is 0 Å². The molecule has 22 heavy (non-hydrogen) atoms. The maximum Gasteiger partial charge on any atom is 0.141 e. The van der Waals surface area contributed by atoms with Gasteiger partial charge in [0.25, 0.3) is 0 Å². The number of ether oxygens (including phenoxy) is 1. The highest BCUT2D eigenvalue weighted by molar-refractivity contribution is 6.35. The molecule has 1 aromatic carbocycles. The third kappa shape index (κ3) is 3.51. The van der Waals surface area contributed by atoms with Crippen molar-refractivity contribution in [2.24, 2.45) is 5.92 Å². The van der Waals surface area contributed by atoms with E-state index in [0.29, 0.717) is 21.4 Å². The molecule has 1 fully saturated rings. The summed E-state index contributed by atoms with van der Waals surface area (Å²) in [5.41, 5.74) is 0.708. The number of rotatable bonds is 4. The molecule has 1 unspecified atom stereocenters. The third-order valence-electron chi connectivity index (χ3n) is 3.73. The van der Waals surface area contributed by atoms with E-state index in [-0.39, 0.29) is 17.8 Å². The smallest absolute Gasteiger partial charge is 0.141 e. The summed E-state index contributed by atoms with van der Waals surface area (Å²) in [4.78, 5) is 3.93. The van der Waals surface area contributed by atoms with Crippen molar-refractivity contribution in [3.05, 3.63) is 58.1 Å². The van der Waals surface area contributed by atoms with Gasteiger partial charge in [-0.25, -0.2) is 4.39 Å². The van der Waals surface area contributed by atoms with E-state index in [0.717, 1.165) is 19.5 Å². The zero-order chi connectivity index (χ0) is 15.5. The van der Waals surface area contributed by atoms with Crippen molar-refractivity contribution in [3.63, 3.8) is 0 Å². The van der Waals surface area contributed by atoms with Crippen molar-refractivity contribution >= 4 is 23.2 Å². The molecule has 0 aliphatic carbocycles. The van der Waals surface area contributed by atoms with Gasteiger partial charge in [-0.2, -0.15) is 0 Å². The molecule has 2 aromatic rings. The number of aromatic nitrogens is 1. The van der Waals surface area contributed by atoms with Crippen LogP contribution >= 0.6 is 23.2 Å². The maximum absolute atomic E-state index is 13.5. The average molecular weight is 341 g/mol. The van der Waals surface area contributed by atoms with Gasteiger partial charge in [-0.05, 0) is 37.2 Å². The van der Waals surface area contributed by atoms with Crippen LogP contribution in [0.4, 0.5) is 4.39 Å². The lowest BCUT2D eigenvalue weighted by Gasteiger charge is -2.25. The van der Waals surface area contributed by atoms with Crippen LogP contribution in [-0.4, -0.2) is 18.1 Å². The van der Waals surface area contributed by atoms with Crippen molar-refractivity contribution in [1.29, 1.82) is 0 Å². The van der Waals surface area contributed by atoms with Gasteiger partial charge >= 0.3 is 0 Å². The molecule has 0 amide bonds. The molecule has 1 aliphatic rings. The van der Waals surface area contributed by atoms with Gasteiger partial charge in [0.05, 0.1) is 11.2 Å². The molecule has 116 valence electrons. The number of hydrogen-bond donors (Lipinski definition) is 1. The predicted molar refractivity (Wildman–Crippen MR) is 85.0 cm³/mol. The Morgan fingerprint density at radius 3 is 2.82 bits per heavy atom. The van der Waals surface area contributed by atoms with Crippen LogP contribution in [0.5, 0.6) is 5.75 Å². The van der Waals surface area contributed by atoms with Crippen molar-refractivity contribution in [3.8, 4) is 5.75 Å². The number of hydrogen-bond acceptors (Lipinski definition) is 3. The Morgan fingerprint density at radius 1 is 1.27 bits per heavy atom. The summed E-state index contributed by atoms with van der Waals surface area (Å²) in [5, 5.41) is 4.28. The van der Waals surface area contributed by atoms with E-state index in [1.54, 1.807) is 24.4 Å². The van der Waals surface area contributed by atoms with Gasteiger partial charge in [0.15, 0.2) is 0 Å². The molecule has 2 atom stereocenters. The van der Waals surface area contributed by atoms with Crippen LogP contribution in [0.1, 0.15) is 18.1 Å². The van der Waals surface area contributed by atoms with Gasteiger partial charge in [0.1, 0.15) is 17.7 Å². The average Bonchev–Trinajstić information content (AvgIpc) is 3.00. The van der Waals surface area contributed by atoms with Gasteiger partial charge in [0, 0.05) is 29.2 Å². The second kappa shape index (κ2) is 6.82. The largest absolute Gasteiger partial charge is 0.484 e. The van der Waals surface area contributed by atoms with Crippen LogP contribution < -0.4 is 10.1 Å². The number of halogens is 3. The van der Waals surface area contributed by atoms with Crippen LogP contribution in [0.2, 0.25) is 10.0 Å². The Kier molecular flexibility index (Phi) is 4.81. The van der Waals surface area contributed by atoms with Crippen molar-refractivity contribution in [1.82, 2.24) is 10.3 Å². The standard InChI is InChI=1S/C16H15Cl2FN2O/c17-12-1-2-15(14(18)6-12)22-16(10-3-4-20-7-10)11-5-13(19)9-21-8-11/h1-2,5-6,8-10,16,20H,3-4,7H2/t10-,16?/m0/s1. The maximum atomic E-state index is 13.5. The Labute approximate surface area is 138 Å². The molecule has 1 N–H and O–H groups in total. The lowest BCUT2D eigenvalue weighted by molar-refractivity contribution is 0.144.